The van der Waals surface area contributed by atoms with Gasteiger partial charge in [-0.05, 0) is 42.3 Å². The predicted octanol–water partition coefficient (Wildman–Crippen LogP) is 3.26. The second-order valence-electron chi connectivity index (χ2n) is 4.86. The van der Waals surface area contributed by atoms with Crippen molar-refractivity contribution in [2.75, 3.05) is 18.5 Å². The maximum atomic E-state index is 10.8. The van der Waals surface area contributed by atoms with Crippen molar-refractivity contribution in [3.63, 3.8) is 0 Å². The van der Waals surface area contributed by atoms with Crippen molar-refractivity contribution in [1.82, 2.24) is 0 Å². The van der Waals surface area contributed by atoms with E-state index in [2.05, 4.69) is 28.2 Å². The van der Waals surface area contributed by atoms with E-state index in [1.54, 1.807) is 13.0 Å². The third-order valence-corrected chi connectivity index (χ3v) is 3.79. The normalized spacial score (nSPS) is 23.1. The van der Waals surface area contributed by atoms with Crippen LogP contribution >= 0.6 is 15.9 Å². The Morgan fingerprint density at radius 1 is 1.56 bits per heavy atom. The fraction of sp³-hybridized carbons (Fsp3) is 0.500. The van der Waals surface area contributed by atoms with Gasteiger partial charge in [0.25, 0.3) is 5.69 Å². The van der Waals surface area contributed by atoms with Crippen LogP contribution in [-0.4, -0.2) is 23.7 Å². The van der Waals surface area contributed by atoms with Gasteiger partial charge in [0.1, 0.15) is 0 Å². The van der Waals surface area contributed by atoms with E-state index < -0.39 is 0 Å². The molecule has 98 valence electrons. The van der Waals surface area contributed by atoms with Gasteiger partial charge in [0, 0.05) is 28.4 Å². The van der Waals surface area contributed by atoms with Crippen molar-refractivity contribution < 1.29 is 9.66 Å². The van der Waals surface area contributed by atoms with Crippen LogP contribution in [0.25, 0.3) is 0 Å². The summed E-state index contributed by atoms with van der Waals surface area (Å²) in [6.07, 6.45) is 0.926. The fourth-order valence-electron chi connectivity index (χ4n) is 2.05. The highest BCUT2D eigenvalue weighted by molar-refractivity contribution is 9.10. The van der Waals surface area contributed by atoms with Gasteiger partial charge in [0.15, 0.2) is 0 Å². The van der Waals surface area contributed by atoms with Crippen LogP contribution in [0, 0.1) is 17.0 Å². The summed E-state index contributed by atoms with van der Waals surface area (Å²) in [5.74, 6) is 0. The van der Waals surface area contributed by atoms with Crippen LogP contribution in [-0.2, 0) is 4.74 Å². The van der Waals surface area contributed by atoms with Crippen molar-refractivity contribution in [3.05, 3.63) is 32.3 Å². The number of anilines is 1. The number of ether oxygens (including phenoxy) is 1. The molecule has 0 bridgehead atoms. The number of benzene rings is 1. The fourth-order valence-corrected chi connectivity index (χ4v) is 2.48. The van der Waals surface area contributed by atoms with Crippen LogP contribution in [0.15, 0.2) is 16.6 Å². The maximum absolute atomic E-state index is 10.8. The predicted molar refractivity (Wildman–Crippen MR) is 73.0 cm³/mol. The Labute approximate surface area is 114 Å². The molecule has 1 aliphatic heterocycles. The van der Waals surface area contributed by atoms with Crippen molar-refractivity contribution in [1.29, 1.82) is 0 Å². The van der Waals surface area contributed by atoms with E-state index in [0.29, 0.717) is 16.6 Å². The van der Waals surface area contributed by atoms with E-state index >= 15 is 0 Å². The summed E-state index contributed by atoms with van der Waals surface area (Å²) in [5.41, 5.74) is 1.53. The molecule has 1 heterocycles. The van der Waals surface area contributed by atoms with Crippen molar-refractivity contribution >= 4 is 27.3 Å². The molecule has 1 fully saturated rings. The first-order valence-corrected chi connectivity index (χ1v) is 6.51. The number of nitrogens with zero attached hydrogens (tertiary/aromatic N) is 1. The Morgan fingerprint density at radius 3 is 2.83 bits per heavy atom. The molecule has 1 aliphatic rings. The van der Waals surface area contributed by atoms with E-state index in [1.807, 2.05) is 0 Å². The molecule has 18 heavy (non-hydrogen) atoms. The quantitative estimate of drug-likeness (QED) is 0.687. The van der Waals surface area contributed by atoms with Gasteiger partial charge < -0.3 is 10.1 Å². The zero-order valence-electron chi connectivity index (χ0n) is 10.3. The number of halogens is 1. The van der Waals surface area contributed by atoms with Gasteiger partial charge in [-0.1, -0.05) is 0 Å². The first kappa shape index (κ1) is 13.3. The smallest absolute Gasteiger partial charge is 0.273 e. The van der Waals surface area contributed by atoms with E-state index in [-0.39, 0.29) is 16.1 Å². The molecule has 2 rings (SSSR count). The van der Waals surface area contributed by atoms with Crippen LogP contribution in [0.2, 0.25) is 0 Å². The highest BCUT2D eigenvalue weighted by Crippen LogP contribution is 2.33. The van der Waals surface area contributed by atoms with Crippen molar-refractivity contribution in [2.24, 2.45) is 0 Å². The van der Waals surface area contributed by atoms with Crippen molar-refractivity contribution in [3.8, 4) is 0 Å². The lowest BCUT2D eigenvalue weighted by Crippen LogP contribution is -2.35. The van der Waals surface area contributed by atoms with Gasteiger partial charge in [0.05, 0.1) is 17.1 Å². The molecule has 0 saturated carbocycles. The van der Waals surface area contributed by atoms with Gasteiger partial charge in [-0.15, -0.1) is 0 Å². The molecular formula is C12H15BrN2O3. The van der Waals surface area contributed by atoms with Gasteiger partial charge in [-0.25, -0.2) is 0 Å². The molecule has 1 saturated heterocycles. The molecule has 1 N–H and O–H groups in total. The summed E-state index contributed by atoms with van der Waals surface area (Å²) >= 11 is 3.37. The highest BCUT2D eigenvalue weighted by Gasteiger charge is 2.30. The molecule has 5 nitrogen and oxygen atoms in total. The van der Waals surface area contributed by atoms with Crippen LogP contribution in [0.5, 0.6) is 0 Å². The monoisotopic (exact) mass is 314 g/mol. The number of aryl methyl sites for hydroxylation is 1. The highest BCUT2D eigenvalue weighted by atomic mass is 79.9. The average molecular weight is 315 g/mol. The van der Waals surface area contributed by atoms with Crippen LogP contribution in [0.3, 0.4) is 0 Å². The SMILES string of the molecule is Cc1cc(NC2(C)CCOC2)c(Br)cc1[N+](=O)[O-]. The minimum Gasteiger partial charge on any atom is -0.379 e. The standard InChI is InChI=1S/C12H15BrN2O3/c1-8-5-10(9(13)6-11(8)15(16)17)14-12(2)3-4-18-7-12/h5-6,14H,3-4,7H2,1-2H3. The molecule has 1 aromatic carbocycles. The van der Waals surface area contributed by atoms with Crippen molar-refractivity contribution in [2.45, 2.75) is 25.8 Å². The Hall–Kier alpha value is -1.14. The molecule has 0 aliphatic carbocycles. The third kappa shape index (κ3) is 2.64. The second kappa shape index (κ2) is 4.85. The van der Waals surface area contributed by atoms with E-state index in [1.165, 1.54) is 6.07 Å². The minimum absolute atomic E-state index is 0.106. The largest absolute Gasteiger partial charge is 0.379 e. The van der Waals surface area contributed by atoms with Gasteiger partial charge in [0.2, 0.25) is 0 Å². The number of nitro benzene ring substituents is 1. The Kier molecular flexibility index (Phi) is 3.59. The summed E-state index contributed by atoms with van der Waals surface area (Å²) in [5, 5.41) is 14.2. The van der Waals surface area contributed by atoms with Gasteiger partial charge in [-0.3, -0.25) is 10.1 Å². The zero-order valence-corrected chi connectivity index (χ0v) is 11.9. The molecule has 0 spiro atoms. The van der Waals surface area contributed by atoms with Crippen LogP contribution in [0.4, 0.5) is 11.4 Å². The number of nitro groups is 1. The molecule has 0 aromatic heterocycles. The Morgan fingerprint density at radius 2 is 2.28 bits per heavy atom. The third-order valence-electron chi connectivity index (χ3n) is 3.14. The molecular weight excluding hydrogens is 300 g/mol. The topological polar surface area (TPSA) is 64.4 Å². The summed E-state index contributed by atoms with van der Waals surface area (Å²) < 4.78 is 6.08. The van der Waals surface area contributed by atoms with Crippen LogP contribution in [0.1, 0.15) is 18.9 Å². The Bertz CT molecular complexity index is 484. The number of nitrogens with one attached hydrogen (secondary N) is 1. The summed E-state index contributed by atoms with van der Waals surface area (Å²) in [7, 11) is 0. The van der Waals surface area contributed by atoms with Gasteiger partial charge >= 0.3 is 0 Å². The van der Waals surface area contributed by atoms with E-state index in [0.717, 1.165) is 18.7 Å². The van der Waals surface area contributed by atoms with Gasteiger partial charge in [-0.2, -0.15) is 0 Å². The molecule has 1 atom stereocenters. The summed E-state index contributed by atoms with van der Waals surface area (Å²) in [4.78, 5) is 10.5. The Balaban J connectivity index is 2.29. The minimum atomic E-state index is -0.371. The summed E-state index contributed by atoms with van der Waals surface area (Å²) in [6, 6.07) is 3.34. The van der Waals surface area contributed by atoms with E-state index in [4.69, 9.17) is 4.74 Å². The lowest BCUT2D eigenvalue weighted by atomic mass is 10.0. The first-order valence-electron chi connectivity index (χ1n) is 5.72. The first-order chi connectivity index (χ1) is 8.41. The summed E-state index contributed by atoms with van der Waals surface area (Å²) in [6.45, 7) is 5.22. The molecule has 0 amide bonds. The zero-order chi connectivity index (χ0) is 13.3. The molecule has 0 radical (unpaired) electrons. The molecule has 6 heteroatoms. The number of rotatable bonds is 3. The molecule has 1 aromatic rings. The lowest BCUT2D eigenvalue weighted by Gasteiger charge is -2.26. The maximum Gasteiger partial charge on any atom is 0.273 e. The van der Waals surface area contributed by atoms with E-state index in [9.17, 15) is 10.1 Å². The second-order valence-corrected chi connectivity index (χ2v) is 5.72. The molecule has 1 unspecified atom stereocenters. The van der Waals surface area contributed by atoms with Crippen LogP contribution < -0.4 is 5.32 Å². The number of hydrogen-bond acceptors (Lipinski definition) is 4. The lowest BCUT2D eigenvalue weighted by molar-refractivity contribution is -0.385. The number of hydrogen-bond donors (Lipinski definition) is 1. The average Bonchev–Trinajstić information content (AvgIpc) is 2.69.